The molecule has 0 saturated carbocycles. The van der Waals surface area contributed by atoms with Crippen LogP contribution in [-0.2, 0) is 13.0 Å². The Morgan fingerprint density at radius 1 is 1.21 bits per heavy atom. The minimum Gasteiger partial charge on any atom is -0.404 e. The summed E-state index contributed by atoms with van der Waals surface area (Å²) in [5, 5.41) is 9.78. The van der Waals surface area contributed by atoms with Crippen molar-refractivity contribution in [3.05, 3.63) is 98.9 Å². The normalized spacial score (nSPS) is 12.3. The second-order valence-electron chi connectivity index (χ2n) is 7.56. The van der Waals surface area contributed by atoms with Crippen molar-refractivity contribution in [2.75, 3.05) is 7.05 Å². The smallest absolute Gasteiger partial charge is 0.272 e. The van der Waals surface area contributed by atoms with Crippen LogP contribution in [0.3, 0.4) is 0 Å². The lowest BCUT2D eigenvalue weighted by atomic mass is 9.90. The third-order valence-corrected chi connectivity index (χ3v) is 5.85. The number of aliphatic imine (C=N–C) groups is 1. The number of H-pyrrole nitrogens is 1. The zero-order chi connectivity index (χ0) is 23.5. The van der Waals surface area contributed by atoms with Crippen LogP contribution in [0.25, 0.3) is 32.0 Å². The first-order valence-electron chi connectivity index (χ1n) is 10.6. The quantitative estimate of drug-likeness (QED) is 0.323. The predicted octanol–water partition coefficient (Wildman–Crippen LogP) is 4.07. The molecule has 0 unspecified atom stereocenters. The number of allylic oxidation sites excluding steroid dienone is 1. The number of rotatable bonds is 5. The van der Waals surface area contributed by atoms with E-state index >= 15 is 0 Å². The molecule has 0 aliphatic rings. The van der Waals surface area contributed by atoms with Crippen molar-refractivity contribution in [1.29, 1.82) is 0 Å². The van der Waals surface area contributed by atoms with Gasteiger partial charge in [-0.2, -0.15) is 5.10 Å². The van der Waals surface area contributed by atoms with E-state index in [4.69, 9.17) is 18.0 Å². The summed E-state index contributed by atoms with van der Waals surface area (Å²) in [6, 6.07) is 15.5. The molecular weight excluding hydrogens is 412 g/mol. The number of hydrogen-bond acceptors (Lipinski definition) is 5. The molecule has 0 aliphatic heterocycles. The SMILES string of the molecule is [C-]#[N+]c1c(C(=NC)/C(=C\N)c2cc(CC)c3c(=O)[nH]nc(CN)c3c2)ccc2ccccc12. The van der Waals surface area contributed by atoms with E-state index in [-0.39, 0.29) is 12.1 Å². The van der Waals surface area contributed by atoms with Gasteiger partial charge in [-0.3, -0.25) is 9.79 Å². The Morgan fingerprint density at radius 3 is 2.67 bits per heavy atom. The molecule has 0 atom stereocenters. The lowest BCUT2D eigenvalue weighted by Crippen LogP contribution is -2.16. The van der Waals surface area contributed by atoms with E-state index in [1.54, 1.807) is 7.05 Å². The molecule has 0 amide bonds. The molecule has 7 nitrogen and oxygen atoms in total. The Bertz CT molecular complexity index is 1540. The number of fused-ring (bicyclic) bond motifs is 2. The molecule has 0 spiro atoms. The van der Waals surface area contributed by atoms with Gasteiger partial charge in [-0.25, -0.2) is 9.94 Å². The van der Waals surface area contributed by atoms with Gasteiger partial charge in [0, 0.05) is 36.3 Å². The van der Waals surface area contributed by atoms with Crippen LogP contribution in [0.4, 0.5) is 5.69 Å². The average molecular weight is 437 g/mol. The molecule has 0 fully saturated rings. The standard InChI is InChI=1S/C26H24N6O/c1-4-15-11-17(12-20-22(14-28)31-32-26(33)23(15)20)21(13-27)25(30-3)19-10-9-16-7-5-6-8-18(16)24(19)29-2/h5-13H,4,14,27-28H2,1,3H3,(H,32,33)/b21-13-,30-25?. The van der Waals surface area contributed by atoms with Crippen LogP contribution in [0, 0.1) is 6.57 Å². The summed E-state index contributed by atoms with van der Waals surface area (Å²) in [5.41, 5.74) is 16.5. The molecule has 3 aromatic carbocycles. The molecule has 7 heteroatoms. The van der Waals surface area contributed by atoms with Crippen LogP contribution < -0.4 is 17.0 Å². The van der Waals surface area contributed by atoms with Crippen molar-refractivity contribution in [2.24, 2.45) is 16.5 Å². The number of hydrogen-bond donors (Lipinski definition) is 3. The largest absolute Gasteiger partial charge is 0.404 e. The van der Waals surface area contributed by atoms with Gasteiger partial charge in [-0.05, 0) is 34.4 Å². The number of nitrogens with two attached hydrogens (primary N) is 2. The van der Waals surface area contributed by atoms with Crippen molar-refractivity contribution in [1.82, 2.24) is 10.2 Å². The van der Waals surface area contributed by atoms with Gasteiger partial charge in [0.15, 0.2) is 0 Å². The van der Waals surface area contributed by atoms with Crippen molar-refractivity contribution >= 4 is 38.5 Å². The first kappa shape index (κ1) is 21.9. The van der Waals surface area contributed by atoms with Gasteiger partial charge in [-0.15, -0.1) is 0 Å². The predicted molar refractivity (Wildman–Crippen MR) is 134 cm³/mol. The minimum absolute atomic E-state index is 0.183. The lowest BCUT2D eigenvalue weighted by Gasteiger charge is -2.16. The van der Waals surface area contributed by atoms with Gasteiger partial charge >= 0.3 is 0 Å². The summed E-state index contributed by atoms with van der Waals surface area (Å²) >= 11 is 0. The zero-order valence-electron chi connectivity index (χ0n) is 18.5. The third-order valence-electron chi connectivity index (χ3n) is 5.85. The van der Waals surface area contributed by atoms with E-state index in [1.807, 2.05) is 55.5 Å². The molecule has 4 rings (SSSR count). The van der Waals surface area contributed by atoms with Crippen LogP contribution >= 0.6 is 0 Å². The molecule has 0 bridgehead atoms. The van der Waals surface area contributed by atoms with Crippen molar-refractivity contribution < 1.29 is 0 Å². The van der Waals surface area contributed by atoms with E-state index in [0.717, 1.165) is 21.9 Å². The Labute approximate surface area is 191 Å². The highest BCUT2D eigenvalue weighted by Gasteiger charge is 2.20. The fourth-order valence-electron chi connectivity index (χ4n) is 4.29. The van der Waals surface area contributed by atoms with Crippen molar-refractivity contribution in [3.8, 4) is 0 Å². The second-order valence-corrected chi connectivity index (χ2v) is 7.56. The Balaban J connectivity index is 1.99. The van der Waals surface area contributed by atoms with Crippen molar-refractivity contribution in [3.63, 3.8) is 0 Å². The molecule has 1 heterocycles. The summed E-state index contributed by atoms with van der Waals surface area (Å²) < 4.78 is 0. The van der Waals surface area contributed by atoms with Gasteiger partial charge < -0.3 is 11.5 Å². The van der Waals surface area contributed by atoms with Gasteiger partial charge in [0.2, 0.25) is 5.69 Å². The lowest BCUT2D eigenvalue weighted by molar-refractivity contribution is 0.898. The van der Waals surface area contributed by atoms with Gasteiger partial charge in [0.05, 0.1) is 23.4 Å². The maximum atomic E-state index is 12.5. The summed E-state index contributed by atoms with van der Waals surface area (Å²) in [5.74, 6) is 0. The van der Waals surface area contributed by atoms with Crippen LogP contribution in [0.2, 0.25) is 0 Å². The van der Waals surface area contributed by atoms with Crippen LogP contribution in [0.1, 0.15) is 29.3 Å². The molecule has 1 aromatic heterocycles. The highest BCUT2D eigenvalue weighted by atomic mass is 16.1. The number of aryl methyl sites for hydroxylation is 1. The maximum absolute atomic E-state index is 12.5. The van der Waals surface area contributed by atoms with E-state index in [9.17, 15) is 4.79 Å². The Morgan fingerprint density at radius 2 is 2.00 bits per heavy atom. The summed E-state index contributed by atoms with van der Waals surface area (Å²) in [6.07, 6.45) is 2.13. The van der Waals surface area contributed by atoms with Gasteiger partial charge in [0.1, 0.15) is 0 Å². The Kier molecular flexibility index (Phi) is 6.03. The number of aromatic amines is 1. The highest BCUT2D eigenvalue weighted by molar-refractivity contribution is 6.34. The summed E-state index contributed by atoms with van der Waals surface area (Å²) in [7, 11) is 1.68. The first-order chi connectivity index (χ1) is 16.1. The minimum atomic E-state index is -0.252. The molecule has 0 aliphatic carbocycles. The molecule has 0 saturated heterocycles. The molecular formula is C26H24N6O. The van der Waals surface area contributed by atoms with E-state index < -0.39 is 0 Å². The number of nitrogens with one attached hydrogen (secondary N) is 1. The first-order valence-corrected chi connectivity index (χ1v) is 10.6. The molecule has 0 radical (unpaired) electrons. The van der Waals surface area contributed by atoms with Crippen LogP contribution in [0.5, 0.6) is 0 Å². The summed E-state index contributed by atoms with van der Waals surface area (Å²) in [6.45, 7) is 10.0. The maximum Gasteiger partial charge on any atom is 0.272 e. The topological polar surface area (TPSA) is 115 Å². The third kappa shape index (κ3) is 3.67. The number of benzene rings is 3. The Hall–Kier alpha value is -4.28. The van der Waals surface area contributed by atoms with Crippen molar-refractivity contribution in [2.45, 2.75) is 19.9 Å². The molecule has 33 heavy (non-hydrogen) atoms. The molecule has 5 N–H and O–H groups in total. The fraction of sp³-hybridized carbons (Fsp3) is 0.154. The van der Waals surface area contributed by atoms with Gasteiger partial charge in [-0.1, -0.05) is 49.4 Å². The second kappa shape index (κ2) is 9.07. The number of nitrogens with zero attached hydrogens (tertiary/aromatic N) is 3. The van der Waals surface area contributed by atoms with E-state index in [1.165, 1.54) is 6.20 Å². The van der Waals surface area contributed by atoms with Gasteiger partial charge in [0.25, 0.3) is 5.56 Å². The van der Waals surface area contributed by atoms with Crippen LogP contribution in [-0.4, -0.2) is 23.0 Å². The average Bonchev–Trinajstić information content (AvgIpc) is 2.86. The number of aromatic nitrogens is 2. The fourth-order valence-corrected chi connectivity index (χ4v) is 4.29. The van der Waals surface area contributed by atoms with E-state index in [2.05, 4.69) is 20.0 Å². The molecule has 4 aromatic rings. The summed E-state index contributed by atoms with van der Waals surface area (Å²) in [4.78, 5) is 20.9. The van der Waals surface area contributed by atoms with Crippen LogP contribution in [0.15, 0.2) is 64.5 Å². The van der Waals surface area contributed by atoms with E-state index in [0.29, 0.717) is 45.4 Å². The molecule has 164 valence electrons. The highest BCUT2D eigenvalue weighted by Crippen LogP contribution is 2.35. The zero-order valence-corrected chi connectivity index (χ0v) is 18.5. The monoisotopic (exact) mass is 436 g/mol.